The monoisotopic (exact) mass is 308 g/mol. The predicted molar refractivity (Wildman–Crippen MR) is 85.4 cm³/mol. The molecule has 0 saturated heterocycles. The minimum Gasteiger partial charge on any atom is -0.480 e. The predicted octanol–water partition coefficient (Wildman–Crippen LogP) is 2.13. The number of pyridine rings is 1. The van der Waals surface area contributed by atoms with Crippen LogP contribution in [0.5, 0.6) is 0 Å². The van der Waals surface area contributed by atoms with Gasteiger partial charge in [-0.15, -0.1) is 0 Å². The van der Waals surface area contributed by atoms with Crippen LogP contribution in [0, 0.1) is 0 Å². The van der Waals surface area contributed by atoms with Gasteiger partial charge in [-0.25, -0.2) is 4.79 Å². The molecule has 5 nitrogen and oxygen atoms in total. The summed E-state index contributed by atoms with van der Waals surface area (Å²) in [5.41, 5.74) is 2.63. The van der Waals surface area contributed by atoms with Gasteiger partial charge in [0.1, 0.15) is 6.04 Å². The largest absolute Gasteiger partial charge is 0.480 e. The number of rotatable bonds is 3. The molecule has 1 aromatic carbocycles. The molecule has 1 unspecified atom stereocenters. The Kier molecular flexibility index (Phi) is 4.19. The van der Waals surface area contributed by atoms with E-state index in [9.17, 15) is 14.7 Å². The van der Waals surface area contributed by atoms with E-state index in [4.69, 9.17) is 0 Å². The maximum atomic E-state index is 12.4. The van der Waals surface area contributed by atoms with Crippen LogP contribution in [-0.2, 0) is 22.6 Å². The lowest BCUT2D eigenvalue weighted by Crippen LogP contribution is -2.48. The van der Waals surface area contributed by atoms with Crippen molar-refractivity contribution < 1.29 is 14.7 Å². The zero-order valence-corrected chi connectivity index (χ0v) is 12.4. The van der Waals surface area contributed by atoms with Gasteiger partial charge in [-0.1, -0.05) is 30.3 Å². The molecular formula is C18H16N2O3. The Balaban J connectivity index is 1.83. The summed E-state index contributed by atoms with van der Waals surface area (Å²) in [7, 11) is 0. The van der Waals surface area contributed by atoms with E-state index in [2.05, 4.69) is 4.98 Å². The summed E-state index contributed by atoms with van der Waals surface area (Å²) >= 11 is 0. The summed E-state index contributed by atoms with van der Waals surface area (Å²) in [6, 6.07) is 12.2. The molecule has 2 aromatic rings. The quantitative estimate of drug-likeness (QED) is 0.882. The highest BCUT2D eigenvalue weighted by molar-refractivity contribution is 5.94. The lowest BCUT2D eigenvalue weighted by atomic mass is 9.94. The van der Waals surface area contributed by atoms with Crippen LogP contribution in [0.25, 0.3) is 6.08 Å². The first-order valence-corrected chi connectivity index (χ1v) is 7.34. The maximum Gasteiger partial charge on any atom is 0.326 e. The number of carboxylic acid groups (broad SMARTS) is 1. The van der Waals surface area contributed by atoms with Crippen LogP contribution in [0.2, 0.25) is 0 Å². The van der Waals surface area contributed by atoms with Gasteiger partial charge in [-0.3, -0.25) is 9.78 Å². The SMILES string of the molecule is O=C(O)C1Cc2ccccc2CN1C(=O)/C=C/c1ccccn1. The third-order valence-corrected chi connectivity index (χ3v) is 3.90. The van der Waals surface area contributed by atoms with Crippen LogP contribution in [0.4, 0.5) is 0 Å². The van der Waals surface area contributed by atoms with Gasteiger partial charge in [0.15, 0.2) is 0 Å². The minimum atomic E-state index is -0.987. The van der Waals surface area contributed by atoms with E-state index in [1.165, 1.54) is 11.0 Å². The molecule has 1 aliphatic rings. The second-order valence-corrected chi connectivity index (χ2v) is 5.38. The van der Waals surface area contributed by atoms with Crippen molar-refractivity contribution in [2.75, 3.05) is 0 Å². The lowest BCUT2D eigenvalue weighted by molar-refractivity contribution is -0.149. The normalized spacial score (nSPS) is 17.0. The van der Waals surface area contributed by atoms with Gasteiger partial charge in [0.05, 0.1) is 5.69 Å². The van der Waals surface area contributed by atoms with Crippen molar-refractivity contribution in [2.24, 2.45) is 0 Å². The van der Waals surface area contributed by atoms with Gasteiger partial charge in [0.2, 0.25) is 5.91 Å². The molecule has 0 aliphatic carbocycles. The van der Waals surface area contributed by atoms with Crippen LogP contribution in [0.3, 0.4) is 0 Å². The highest BCUT2D eigenvalue weighted by atomic mass is 16.4. The average Bonchev–Trinajstić information content (AvgIpc) is 2.59. The third kappa shape index (κ3) is 3.29. The Hall–Kier alpha value is -2.95. The van der Waals surface area contributed by atoms with Crippen molar-refractivity contribution in [3.05, 3.63) is 71.6 Å². The molecule has 1 N–H and O–H groups in total. The molecule has 116 valence electrons. The Bertz CT molecular complexity index is 756. The number of nitrogens with zero attached hydrogens (tertiary/aromatic N) is 2. The fourth-order valence-electron chi connectivity index (χ4n) is 2.70. The summed E-state index contributed by atoms with van der Waals surface area (Å²) in [5.74, 6) is -1.31. The van der Waals surface area contributed by atoms with E-state index < -0.39 is 12.0 Å². The molecule has 0 spiro atoms. The zero-order chi connectivity index (χ0) is 16.2. The molecule has 3 rings (SSSR count). The highest BCUT2D eigenvalue weighted by Gasteiger charge is 2.33. The second-order valence-electron chi connectivity index (χ2n) is 5.38. The van der Waals surface area contributed by atoms with Crippen molar-refractivity contribution in [1.29, 1.82) is 0 Å². The number of carbonyl (C=O) groups excluding carboxylic acids is 1. The summed E-state index contributed by atoms with van der Waals surface area (Å²) < 4.78 is 0. The molecule has 23 heavy (non-hydrogen) atoms. The first-order valence-electron chi connectivity index (χ1n) is 7.34. The first kappa shape index (κ1) is 15.0. The standard InChI is InChI=1S/C18H16N2O3/c21-17(9-8-15-7-3-4-10-19-15)20-12-14-6-2-1-5-13(14)11-16(20)18(22)23/h1-10,16H,11-12H2,(H,22,23)/b9-8+. The number of aliphatic carboxylic acids is 1. The molecule has 1 amide bonds. The van der Waals surface area contributed by atoms with Gasteiger partial charge < -0.3 is 10.0 Å². The fraction of sp³-hybridized carbons (Fsp3) is 0.167. The van der Waals surface area contributed by atoms with E-state index in [-0.39, 0.29) is 5.91 Å². The topological polar surface area (TPSA) is 70.5 Å². The summed E-state index contributed by atoms with van der Waals surface area (Å²) in [6.45, 7) is 0.304. The first-order chi connectivity index (χ1) is 11.1. The number of hydrogen-bond donors (Lipinski definition) is 1. The van der Waals surface area contributed by atoms with Crippen molar-refractivity contribution in [1.82, 2.24) is 9.88 Å². The van der Waals surface area contributed by atoms with Crippen molar-refractivity contribution in [3.63, 3.8) is 0 Å². The second kappa shape index (κ2) is 6.44. The third-order valence-electron chi connectivity index (χ3n) is 3.90. The average molecular weight is 308 g/mol. The molecule has 0 fully saturated rings. The van der Waals surface area contributed by atoms with Crippen molar-refractivity contribution in [2.45, 2.75) is 19.0 Å². The Morgan fingerprint density at radius 1 is 1.13 bits per heavy atom. The Morgan fingerprint density at radius 2 is 1.87 bits per heavy atom. The number of fused-ring (bicyclic) bond motifs is 1. The van der Waals surface area contributed by atoms with Gasteiger partial charge in [0, 0.05) is 25.2 Å². The van der Waals surface area contributed by atoms with E-state index in [0.29, 0.717) is 18.7 Å². The lowest BCUT2D eigenvalue weighted by Gasteiger charge is -2.33. The number of benzene rings is 1. The van der Waals surface area contributed by atoms with Crippen LogP contribution in [0.15, 0.2) is 54.7 Å². The van der Waals surface area contributed by atoms with Crippen LogP contribution >= 0.6 is 0 Å². The minimum absolute atomic E-state index is 0.304. The van der Waals surface area contributed by atoms with Gasteiger partial charge in [-0.2, -0.15) is 0 Å². The fourth-order valence-corrected chi connectivity index (χ4v) is 2.70. The van der Waals surface area contributed by atoms with Crippen LogP contribution in [0.1, 0.15) is 16.8 Å². The van der Waals surface area contributed by atoms with Gasteiger partial charge >= 0.3 is 5.97 Å². The van der Waals surface area contributed by atoms with Gasteiger partial charge in [0.25, 0.3) is 0 Å². The molecule has 1 atom stereocenters. The summed E-state index contributed by atoms with van der Waals surface area (Å²) in [5, 5.41) is 9.44. The Labute approximate surface area is 133 Å². The summed E-state index contributed by atoms with van der Waals surface area (Å²) in [4.78, 5) is 29.5. The number of carbonyl (C=O) groups is 2. The van der Waals surface area contributed by atoms with E-state index in [1.807, 2.05) is 30.3 Å². The van der Waals surface area contributed by atoms with E-state index in [1.54, 1.807) is 24.4 Å². The van der Waals surface area contributed by atoms with Crippen LogP contribution < -0.4 is 0 Å². The molecule has 0 radical (unpaired) electrons. The molecule has 5 heteroatoms. The summed E-state index contributed by atoms with van der Waals surface area (Å²) in [6.07, 6.45) is 4.95. The number of aromatic nitrogens is 1. The number of hydrogen-bond acceptors (Lipinski definition) is 3. The molecule has 1 aromatic heterocycles. The van der Waals surface area contributed by atoms with Crippen LogP contribution in [-0.4, -0.2) is 32.9 Å². The molecular weight excluding hydrogens is 292 g/mol. The van der Waals surface area contributed by atoms with Crippen molar-refractivity contribution >= 4 is 18.0 Å². The molecule has 2 heterocycles. The van der Waals surface area contributed by atoms with Gasteiger partial charge in [-0.05, 0) is 29.3 Å². The highest BCUT2D eigenvalue weighted by Crippen LogP contribution is 2.23. The number of amides is 1. The smallest absolute Gasteiger partial charge is 0.326 e. The number of carboxylic acids is 1. The van der Waals surface area contributed by atoms with E-state index in [0.717, 1.165) is 11.1 Å². The molecule has 0 saturated carbocycles. The zero-order valence-electron chi connectivity index (χ0n) is 12.4. The maximum absolute atomic E-state index is 12.4. The Morgan fingerprint density at radius 3 is 2.57 bits per heavy atom. The van der Waals surface area contributed by atoms with E-state index >= 15 is 0 Å². The molecule has 0 bridgehead atoms. The van der Waals surface area contributed by atoms with Crippen molar-refractivity contribution in [3.8, 4) is 0 Å². The molecule has 1 aliphatic heterocycles.